The second kappa shape index (κ2) is 6.86. The number of halogens is 1. The lowest BCUT2D eigenvalue weighted by molar-refractivity contribution is -0.117. The zero-order valence-electron chi connectivity index (χ0n) is 14.4. The lowest BCUT2D eigenvalue weighted by atomic mass is 10.00. The molecule has 0 spiro atoms. The van der Waals surface area contributed by atoms with Crippen LogP contribution in [0.2, 0.25) is 5.02 Å². The Labute approximate surface area is 148 Å². The minimum absolute atomic E-state index is 0.0273. The highest BCUT2D eigenvalue weighted by molar-refractivity contribution is 6.34. The number of para-hydroxylation sites is 1. The number of hydrogen-bond acceptors (Lipinski definition) is 2. The fourth-order valence-corrected chi connectivity index (χ4v) is 3.78. The Bertz CT molecular complexity index is 749. The van der Waals surface area contributed by atoms with Gasteiger partial charge in [-0.25, -0.2) is 0 Å². The first-order valence-corrected chi connectivity index (χ1v) is 8.77. The largest absolute Gasteiger partial charge is 0.360 e. The van der Waals surface area contributed by atoms with Crippen molar-refractivity contribution in [1.29, 1.82) is 0 Å². The van der Waals surface area contributed by atoms with Crippen LogP contribution in [0.5, 0.6) is 0 Å². The molecule has 0 saturated heterocycles. The number of carbonyl (C=O) groups excluding carboxylic acids is 1. The molecule has 1 N–H and O–H groups in total. The van der Waals surface area contributed by atoms with Gasteiger partial charge in [0.1, 0.15) is 6.04 Å². The van der Waals surface area contributed by atoms with E-state index in [2.05, 4.69) is 28.4 Å². The van der Waals surface area contributed by atoms with Crippen molar-refractivity contribution in [2.24, 2.45) is 0 Å². The number of nitrogens with one attached hydrogen (secondary N) is 1. The average Bonchev–Trinajstić information content (AvgIpc) is 2.56. The summed E-state index contributed by atoms with van der Waals surface area (Å²) >= 11 is 6.32. The van der Waals surface area contributed by atoms with E-state index >= 15 is 0 Å². The van der Waals surface area contributed by atoms with E-state index in [9.17, 15) is 4.79 Å². The van der Waals surface area contributed by atoms with Crippen LogP contribution >= 0.6 is 11.6 Å². The van der Waals surface area contributed by atoms with Crippen molar-refractivity contribution in [3.8, 4) is 0 Å². The van der Waals surface area contributed by atoms with Gasteiger partial charge in [-0.15, -0.1) is 0 Å². The van der Waals surface area contributed by atoms with Gasteiger partial charge in [-0.2, -0.15) is 0 Å². The summed E-state index contributed by atoms with van der Waals surface area (Å²) in [5, 5.41) is 3.61. The second-order valence-corrected chi connectivity index (χ2v) is 6.94. The fourth-order valence-electron chi connectivity index (χ4n) is 3.41. The lowest BCUT2D eigenvalue weighted by Crippen LogP contribution is -2.44. The number of anilines is 2. The van der Waals surface area contributed by atoms with Crippen molar-refractivity contribution in [2.45, 2.75) is 39.7 Å². The third-order valence-electron chi connectivity index (χ3n) is 4.67. The molecule has 0 aliphatic carbocycles. The monoisotopic (exact) mass is 342 g/mol. The maximum atomic E-state index is 12.8. The summed E-state index contributed by atoms with van der Waals surface area (Å²) in [4.78, 5) is 15.0. The summed E-state index contributed by atoms with van der Waals surface area (Å²) < 4.78 is 0. The normalized spacial score (nSPS) is 14.9. The smallest absolute Gasteiger partial charge is 0.246 e. The molecule has 1 amide bonds. The number of aryl methyl sites for hydroxylation is 3. The van der Waals surface area contributed by atoms with Crippen LogP contribution in [0.4, 0.5) is 11.4 Å². The van der Waals surface area contributed by atoms with Crippen molar-refractivity contribution >= 4 is 28.9 Å². The first-order chi connectivity index (χ1) is 11.5. The van der Waals surface area contributed by atoms with Crippen molar-refractivity contribution in [2.75, 3.05) is 16.8 Å². The van der Waals surface area contributed by atoms with E-state index in [1.54, 1.807) is 0 Å². The molecule has 3 nitrogen and oxygen atoms in total. The molecule has 0 bridgehead atoms. The lowest BCUT2D eigenvalue weighted by Gasteiger charge is -2.35. The highest BCUT2D eigenvalue weighted by Crippen LogP contribution is 2.30. The molecule has 0 aromatic heterocycles. The predicted octanol–water partition coefficient (Wildman–Crippen LogP) is 4.74. The number of nitrogens with zero attached hydrogens (tertiary/aromatic N) is 1. The van der Waals surface area contributed by atoms with E-state index < -0.39 is 0 Å². The van der Waals surface area contributed by atoms with Crippen molar-refractivity contribution < 1.29 is 4.79 Å². The van der Waals surface area contributed by atoms with Gasteiger partial charge in [-0.3, -0.25) is 4.79 Å². The number of amides is 1. The SMILES string of the molecule is Cc1cc(C)c(NC(=O)C(C)N2CCCc3ccccc32)c(Cl)c1. The minimum atomic E-state index is -0.247. The average molecular weight is 343 g/mol. The van der Waals surface area contributed by atoms with E-state index in [1.165, 1.54) is 5.56 Å². The van der Waals surface area contributed by atoms with Gasteiger partial charge >= 0.3 is 0 Å². The Morgan fingerprint density at radius 1 is 1.25 bits per heavy atom. The Kier molecular flexibility index (Phi) is 4.81. The number of benzene rings is 2. The van der Waals surface area contributed by atoms with Gasteiger partial charge in [0.15, 0.2) is 0 Å². The quantitative estimate of drug-likeness (QED) is 0.874. The van der Waals surface area contributed by atoms with Crippen LogP contribution in [0, 0.1) is 13.8 Å². The van der Waals surface area contributed by atoms with Gasteiger partial charge in [0, 0.05) is 12.2 Å². The molecule has 1 atom stereocenters. The van der Waals surface area contributed by atoms with Crippen LogP contribution in [0.25, 0.3) is 0 Å². The van der Waals surface area contributed by atoms with E-state index in [4.69, 9.17) is 11.6 Å². The highest BCUT2D eigenvalue weighted by atomic mass is 35.5. The minimum Gasteiger partial charge on any atom is -0.360 e. The van der Waals surface area contributed by atoms with Gasteiger partial charge in [-0.05, 0) is 62.4 Å². The van der Waals surface area contributed by atoms with Crippen LogP contribution < -0.4 is 10.2 Å². The number of hydrogen-bond donors (Lipinski definition) is 1. The molecule has 2 aromatic rings. The molecule has 4 heteroatoms. The van der Waals surface area contributed by atoms with Crippen LogP contribution in [-0.4, -0.2) is 18.5 Å². The van der Waals surface area contributed by atoms with Gasteiger partial charge in [0.05, 0.1) is 10.7 Å². The van der Waals surface area contributed by atoms with Gasteiger partial charge in [0.2, 0.25) is 5.91 Å². The van der Waals surface area contributed by atoms with Crippen LogP contribution in [0.3, 0.4) is 0 Å². The Morgan fingerprint density at radius 2 is 2.00 bits per heavy atom. The summed E-state index contributed by atoms with van der Waals surface area (Å²) in [5.74, 6) is -0.0273. The van der Waals surface area contributed by atoms with Crippen LogP contribution in [0.15, 0.2) is 36.4 Å². The summed E-state index contributed by atoms with van der Waals surface area (Å²) in [6.07, 6.45) is 2.14. The summed E-state index contributed by atoms with van der Waals surface area (Å²) in [6.45, 7) is 6.81. The molecule has 1 aliphatic rings. The van der Waals surface area contributed by atoms with E-state index in [0.29, 0.717) is 10.7 Å². The van der Waals surface area contributed by atoms with Gasteiger partial charge in [0.25, 0.3) is 0 Å². The van der Waals surface area contributed by atoms with E-state index in [0.717, 1.165) is 36.2 Å². The van der Waals surface area contributed by atoms with Crippen LogP contribution in [0.1, 0.15) is 30.0 Å². The maximum absolute atomic E-state index is 12.8. The summed E-state index contributed by atoms with van der Waals surface area (Å²) in [6, 6.07) is 12.0. The predicted molar refractivity (Wildman–Crippen MR) is 101 cm³/mol. The number of carbonyl (C=O) groups is 1. The third-order valence-corrected chi connectivity index (χ3v) is 4.97. The zero-order chi connectivity index (χ0) is 17.3. The fraction of sp³-hybridized carbons (Fsp3) is 0.350. The van der Waals surface area contributed by atoms with Crippen molar-refractivity contribution in [3.05, 3.63) is 58.1 Å². The summed E-state index contributed by atoms with van der Waals surface area (Å²) in [5.41, 5.74) is 5.27. The highest BCUT2D eigenvalue weighted by Gasteiger charge is 2.26. The first-order valence-electron chi connectivity index (χ1n) is 8.39. The van der Waals surface area contributed by atoms with E-state index in [1.807, 2.05) is 39.0 Å². The second-order valence-electron chi connectivity index (χ2n) is 6.53. The van der Waals surface area contributed by atoms with E-state index in [-0.39, 0.29) is 11.9 Å². The van der Waals surface area contributed by atoms with Gasteiger partial charge < -0.3 is 10.2 Å². The van der Waals surface area contributed by atoms with Crippen LogP contribution in [-0.2, 0) is 11.2 Å². The van der Waals surface area contributed by atoms with Crippen molar-refractivity contribution in [1.82, 2.24) is 0 Å². The maximum Gasteiger partial charge on any atom is 0.246 e. The zero-order valence-corrected chi connectivity index (χ0v) is 15.2. The standard InChI is InChI=1S/C20H23ClN2O/c1-13-11-14(2)19(17(21)12-13)22-20(24)15(3)23-10-6-8-16-7-4-5-9-18(16)23/h4-5,7,9,11-12,15H,6,8,10H2,1-3H3,(H,22,24). The summed E-state index contributed by atoms with van der Waals surface area (Å²) in [7, 11) is 0. The molecular weight excluding hydrogens is 320 g/mol. The molecule has 1 heterocycles. The Balaban J connectivity index is 1.82. The molecule has 0 fully saturated rings. The topological polar surface area (TPSA) is 32.3 Å². The molecule has 126 valence electrons. The Morgan fingerprint density at radius 3 is 2.75 bits per heavy atom. The van der Waals surface area contributed by atoms with Crippen molar-refractivity contribution in [3.63, 3.8) is 0 Å². The first kappa shape index (κ1) is 16.8. The molecule has 1 unspecified atom stereocenters. The van der Waals surface area contributed by atoms with Gasteiger partial charge in [-0.1, -0.05) is 35.9 Å². The molecule has 3 rings (SSSR count). The number of fused-ring (bicyclic) bond motifs is 1. The molecule has 24 heavy (non-hydrogen) atoms. The number of rotatable bonds is 3. The molecule has 0 saturated carbocycles. The molecule has 0 radical (unpaired) electrons. The molecule has 1 aliphatic heterocycles. The molecular formula is C20H23ClN2O. The third kappa shape index (κ3) is 3.27. The molecule has 2 aromatic carbocycles. The Hall–Kier alpha value is -2.00.